The maximum atomic E-state index is 12.9. The van der Waals surface area contributed by atoms with Crippen molar-refractivity contribution >= 4 is 15.7 Å². The molecule has 0 aliphatic heterocycles. The zero-order valence-electron chi connectivity index (χ0n) is 15.1. The molecule has 9 nitrogen and oxygen atoms in total. The monoisotopic (exact) mass is 428 g/mol. The molecule has 0 atom stereocenters. The van der Waals surface area contributed by atoms with Crippen molar-refractivity contribution in [3.63, 3.8) is 0 Å². The molecule has 0 spiro atoms. The molecule has 0 radical (unpaired) electrons. The Morgan fingerprint density at radius 2 is 1.79 bits per heavy atom. The van der Waals surface area contributed by atoms with Gasteiger partial charge in [-0.25, -0.2) is 13.1 Å². The second-order valence-corrected chi connectivity index (χ2v) is 7.45. The van der Waals surface area contributed by atoms with Crippen LogP contribution in [0.3, 0.4) is 0 Å². The molecule has 13 heteroatoms. The van der Waals surface area contributed by atoms with Crippen LogP contribution >= 0.6 is 0 Å². The molecule has 3 rings (SSSR count). The van der Waals surface area contributed by atoms with Crippen LogP contribution in [0.15, 0.2) is 53.4 Å². The lowest BCUT2D eigenvalue weighted by Gasteiger charge is -2.24. The third-order valence-electron chi connectivity index (χ3n) is 3.75. The maximum absolute atomic E-state index is 12.9. The summed E-state index contributed by atoms with van der Waals surface area (Å²) in [7, 11) is -1.23. The molecule has 0 saturated heterocycles. The number of tetrazole rings is 1. The number of halogens is 3. The lowest BCUT2D eigenvalue weighted by atomic mass is 10.1. The number of hydrazine groups is 1. The standard InChI is InChI=1S/C16H15F3N6O3S/c1-24(23-29(26,27)11-7-4-3-5-8-11)12-9-6-10-13(28-16(17,18)19)14(12)15-20-21-22-25(15)2/h3-10,23H,1-2H3. The number of anilines is 1. The molecule has 0 fully saturated rings. The lowest BCUT2D eigenvalue weighted by Crippen LogP contribution is -2.39. The molecule has 0 saturated carbocycles. The molecule has 1 heterocycles. The van der Waals surface area contributed by atoms with Gasteiger partial charge in [0.2, 0.25) is 0 Å². The van der Waals surface area contributed by atoms with E-state index >= 15 is 0 Å². The van der Waals surface area contributed by atoms with Gasteiger partial charge in [0, 0.05) is 14.1 Å². The summed E-state index contributed by atoms with van der Waals surface area (Å²) in [4.78, 5) is 2.27. The van der Waals surface area contributed by atoms with E-state index in [2.05, 4.69) is 25.1 Å². The molecule has 154 valence electrons. The summed E-state index contributed by atoms with van der Waals surface area (Å²) in [6.07, 6.45) is -4.97. The molecule has 1 aromatic heterocycles. The molecule has 1 N–H and O–H groups in total. The minimum absolute atomic E-state index is 0.0172. The quantitative estimate of drug-likeness (QED) is 0.600. The number of hydrogen-bond donors (Lipinski definition) is 1. The SMILES string of the molecule is CN(NS(=O)(=O)c1ccccc1)c1cccc(OC(F)(F)F)c1-c1nnnn1C. The molecule has 2 aromatic carbocycles. The van der Waals surface area contributed by atoms with Crippen molar-refractivity contribution in [1.29, 1.82) is 0 Å². The van der Waals surface area contributed by atoms with E-state index in [-0.39, 0.29) is 22.0 Å². The van der Waals surface area contributed by atoms with Crippen LogP contribution in [0.4, 0.5) is 18.9 Å². The second-order valence-electron chi connectivity index (χ2n) is 5.79. The Balaban J connectivity index is 2.07. The topological polar surface area (TPSA) is 102 Å². The summed E-state index contributed by atoms with van der Waals surface area (Å²) >= 11 is 0. The van der Waals surface area contributed by atoms with E-state index in [1.54, 1.807) is 18.2 Å². The van der Waals surface area contributed by atoms with Gasteiger partial charge in [-0.1, -0.05) is 24.3 Å². The number of benzene rings is 2. The van der Waals surface area contributed by atoms with Gasteiger partial charge in [-0.05, 0) is 34.7 Å². The van der Waals surface area contributed by atoms with Gasteiger partial charge in [0.1, 0.15) is 5.75 Å². The average Bonchev–Trinajstić information content (AvgIpc) is 3.06. The molecule has 3 aromatic rings. The summed E-state index contributed by atoms with van der Waals surface area (Å²) in [5.74, 6) is -0.635. The molecule has 0 bridgehead atoms. The predicted molar refractivity (Wildman–Crippen MR) is 96.1 cm³/mol. The fourth-order valence-electron chi connectivity index (χ4n) is 2.56. The fourth-order valence-corrected chi connectivity index (χ4v) is 3.64. The van der Waals surface area contributed by atoms with Crippen molar-refractivity contribution in [2.24, 2.45) is 7.05 Å². The third kappa shape index (κ3) is 4.63. The van der Waals surface area contributed by atoms with Crippen molar-refractivity contribution < 1.29 is 26.3 Å². The van der Waals surface area contributed by atoms with E-state index < -0.39 is 22.1 Å². The van der Waals surface area contributed by atoms with Crippen molar-refractivity contribution in [2.75, 3.05) is 12.1 Å². The van der Waals surface area contributed by atoms with Crippen molar-refractivity contribution in [1.82, 2.24) is 25.0 Å². The molecule has 29 heavy (non-hydrogen) atoms. The minimum atomic E-state index is -4.97. The van der Waals surface area contributed by atoms with E-state index in [4.69, 9.17) is 0 Å². The van der Waals surface area contributed by atoms with Gasteiger partial charge in [0.15, 0.2) is 5.82 Å². The van der Waals surface area contributed by atoms with Gasteiger partial charge in [0.25, 0.3) is 10.0 Å². The molecule has 0 aliphatic rings. The first kappa shape index (κ1) is 20.5. The van der Waals surface area contributed by atoms with E-state index in [1.165, 1.54) is 38.4 Å². The Morgan fingerprint density at radius 1 is 1.10 bits per heavy atom. The third-order valence-corrected chi connectivity index (χ3v) is 5.15. The number of sulfonamides is 1. The van der Waals surface area contributed by atoms with Crippen molar-refractivity contribution in [3.05, 3.63) is 48.5 Å². The van der Waals surface area contributed by atoms with E-state index in [9.17, 15) is 21.6 Å². The van der Waals surface area contributed by atoms with Crippen LogP contribution < -0.4 is 14.6 Å². The van der Waals surface area contributed by atoms with Crippen LogP contribution in [-0.4, -0.2) is 42.0 Å². The summed E-state index contributed by atoms with van der Waals surface area (Å²) in [6.45, 7) is 0. The van der Waals surface area contributed by atoms with Gasteiger partial charge in [-0.3, -0.25) is 5.01 Å². The van der Waals surface area contributed by atoms with Gasteiger partial charge >= 0.3 is 6.36 Å². The smallest absolute Gasteiger partial charge is 0.405 e. The van der Waals surface area contributed by atoms with Crippen LogP contribution in [0.1, 0.15) is 0 Å². The Kier molecular flexibility index (Phi) is 5.44. The van der Waals surface area contributed by atoms with E-state index in [0.717, 1.165) is 15.8 Å². The Morgan fingerprint density at radius 3 is 2.38 bits per heavy atom. The molecular weight excluding hydrogens is 413 g/mol. The van der Waals surface area contributed by atoms with Crippen molar-refractivity contribution in [3.8, 4) is 17.1 Å². The number of ether oxygens (including phenoxy) is 1. The first-order valence-electron chi connectivity index (χ1n) is 8.01. The van der Waals surface area contributed by atoms with Gasteiger partial charge in [-0.2, -0.15) is 0 Å². The average molecular weight is 428 g/mol. The largest absolute Gasteiger partial charge is 0.573 e. The van der Waals surface area contributed by atoms with Gasteiger partial charge in [0.05, 0.1) is 16.1 Å². The van der Waals surface area contributed by atoms with Crippen LogP contribution in [0.25, 0.3) is 11.4 Å². The Hall–Kier alpha value is -3.19. The van der Waals surface area contributed by atoms with Crippen LogP contribution in [0, 0.1) is 0 Å². The number of alkyl halides is 3. The molecule has 0 unspecified atom stereocenters. The lowest BCUT2D eigenvalue weighted by molar-refractivity contribution is -0.274. The summed E-state index contributed by atoms with van der Waals surface area (Å²) in [6, 6.07) is 11.3. The van der Waals surface area contributed by atoms with Crippen molar-refractivity contribution in [2.45, 2.75) is 11.3 Å². The highest BCUT2D eigenvalue weighted by Gasteiger charge is 2.34. The van der Waals surface area contributed by atoms with Gasteiger partial charge < -0.3 is 4.74 Å². The first-order chi connectivity index (χ1) is 13.6. The normalized spacial score (nSPS) is 12.0. The van der Waals surface area contributed by atoms with E-state index in [1.807, 2.05) is 0 Å². The highest BCUT2D eigenvalue weighted by atomic mass is 32.2. The van der Waals surface area contributed by atoms with E-state index in [0.29, 0.717) is 0 Å². The highest BCUT2D eigenvalue weighted by Crippen LogP contribution is 2.39. The fraction of sp³-hybridized carbons (Fsp3) is 0.188. The number of hydrogen-bond acceptors (Lipinski definition) is 7. The first-order valence-corrected chi connectivity index (χ1v) is 9.49. The number of nitrogens with one attached hydrogen (secondary N) is 1. The Labute approximate surface area is 163 Å². The predicted octanol–water partition coefficient (Wildman–Crippen LogP) is 2.11. The number of rotatable bonds is 6. The molecule has 0 amide bonds. The Bertz CT molecular complexity index is 1100. The van der Waals surface area contributed by atoms with Gasteiger partial charge in [-0.15, -0.1) is 23.1 Å². The second kappa shape index (κ2) is 7.67. The highest BCUT2D eigenvalue weighted by molar-refractivity contribution is 7.89. The zero-order chi connectivity index (χ0) is 21.2. The molecular formula is C16H15F3N6O3S. The van der Waals surface area contributed by atoms with Crippen LogP contribution in [0.2, 0.25) is 0 Å². The number of aromatic nitrogens is 4. The minimum Gasteiger partial charge on any atom is -0.405 e. The number of aryl methyl sites for hydroxylation is 1. The zero-order valence-corrected chi connectivity index (χ0v) is 15.9. The summed E-state index contributed by atoms with van der Waals surface area (Å²) in [5, 5.41) is 11.8. The van der Waals surface area contributed by atoms with Crippen LogP contribution in [-0.2, 0) is 17.1 Å². The number of nitrogens with zero attached hydrogens (tertiary/aromatic N) is 5. The van der Waals surface area contributed by atoms with Crippen LogP contribution in [0.5, 0.6) is 5.75 Å². The maximum Gasteiger partial charge on any atom is 0.573 e. The molecule has 0 aliphatic carbocycles. The summed E-state index contributed by atoms with van der Waals surface area (Å²) < 4.78 is 69.1. The summed E-state index contributed by atoms with van der Waals surface area (Å²) in [5.41, 5.74) is -0.0975.